The number of benzene rings is 5. The summed E-state index contributed by atoms with van der Waals surface area (Å²) in [5.41, 5.74) is 1.39. The Bertz CT molecular complexity index is 4840. The number of ether oxygens (including phenoxy) is 4. The molecule has 3 aliphatic rings. The van der Waals surface area contributed by atoms with Crippen LogP contribution in [-0.4, -0.2) is 91.5 Å². The Morgan fingerprint density at radius 3 is 1.10 bits per heavy atom. The zero-order valence-corrected chi connectivity index (χ0v) is 60.1. The molecule has 5 aromatic heterocycles. The first-order valence-electron chi connectivity index (χ1n) is 30.5. The molecule has 0 aliphatic heterocycles. The maximum Gasteiger partial charge on any atom is 0.341 e. The number of rotatable bonds is 16. The van der Waals surface area contributed by atoms with Gasteiger partial charge in [0.1, 0.15) is 56.2 Å². The molecule has 0 bridgehead atoms. The number of halogens is 9. The van der Waals surface area contributed by atoms with Crippen LogP contribution in [0.2, 0.25) is 45.2 Å². The van der Waals surface area contributed by atoms with Crippen LogP contribution in [0.1, 0.15) is 138 Å². The van der Waals surface area contributed by atoms with Crippen molar-refractivity contribution >= 4 is 168 Å². The second kappa shape index (κ2) is 29.2. The van der Waals surface area contributed by atoms with E-state index in [1.807, 2.05) is 24.3 Å². The normalized spacial score (nSPS) is 15.2. The minimum Gasteiger partial charge on any atom is -0.478 e. The molecule has 5 aromatic carbocycles. The summed E-state index contributed by atoms with van der Waals surface area (Å²) in [6, 6.07) is 23.4. The van der Waals surface area contributed by atoms with Crippen molar-refractivity contribution in [1.82, 2.24) is 24.6 Å². The highest BCUT2D eigenvalue weighted by Crippen LogP contribution is 2.53. The summed E-state index contributed by atoms with van der Waals surface area (Å²) in [5.74, 6) is -2.68. The number of carboxylic acid groups (broad SMARTS) is 2. The summed E-state index contributed by atoms with van der Waals surface area (Å²) in [6.45, 7) is 5.42. The van der Waals surface area contributed by atoms with Crippen molar-refractivity contribution in [3.05, 3.63) is 200 Å². The van der Waals surface area contributed by atoms with Crippen molar-refractivity contribution in [2.24, 2.45) is 0 Å². The van der Waals surface area contributed by atoms with Crippen LogP contribution < -0.4 is 0 Å². The number of hydrogen-bond acceptors (Lipinski definition) is 15. The monoisotopic (exact) mass is 1520 g/mol. The van der Waals surface area contributed by atoms with Gasteiger partial charge in [-0.1, -0.05) is 144 Å². The van der Waals surface area contributed by atoms with Crippen LogP contribution in [0, 0.1) is 0 Å². The van der Waals surface area contributed by atoms with Gasteiger partial charge < -0.3 is 42.7 Å². The molecule has 514 valence electrons. The third kappa shape index (κ3) is 14.2. The smallest absolute Gasteiger partial charge is 0.341 e. The summed E-state index contributed by atoms with van der Waals surface area (Å²) in [6.07, 6.45) is 15.6. The van der Waals surface area contributed by atoms with Crippen molar-refractivity contribution in [2.45, 2.75) is 101 Å². The summed E-state index contributed by atoms with van der Waals surface area (Å²) in [5, 5.41) is 34.9. The number of aromatic carboxylic acids is 1. The fraction of sp³-hybridized carbons (Fsp3) is 0.268. The molecule has 2 N–H and O–H groups in total. The molecule has 28 heteroatoms. The zero-order chi connectivity index (χ0) is 71.2. The number of nitrogens with zero attached hydrogens (tertiary/aromatic N) is 5. The summed E-state index contributed by atoms with van der Waals surface area (Å²) in [4.78, 5) is 63.5. The quantitative estimate of drug-likeness (QED) is 0.0674. The average molecular weight is 1520 g/mol. The van der Waals surface area contributed by atoms with Crippen molar-refractivity contribution in [3.8, 4) is 33.8 Å². The lowest BCUT2D eigenvalue weighted by atomic mass is 9.76. The highest BCUT2D eigenvalue weighted by Gasteiger charge is 2.50. The van der Waals surface area contributed by atoms with Gasteiger partial charge in [-0.05, 0) is 163 Å². The van der Waals surface area contributed by atoms with Gasteiger partial charge in [-0.2, -0.15) is 0 Å². The molecule has 0 atom stereocenters. The first-order valence-corrected chi connectivity index (χ1v) is 33.9. The Kier molecular flexibility index (Phi) is 21.5. The predicted octanol–water partition coefficient (Wildman–Crippen LogP) is 20.4. The summed E-state index contributed by atoms with van der Waals surface area (Å²) in [7, 11) is 4.69. The Morgan fingerprint density at radius 1 is 0.485 bits per heavy atom. The van der Waals surface area contributed by atoms with E-state index in [4.69, 9.17) is 142 Å². The number of aliphatic carboxylic acids is 1. The average Bonchev–Trinajstić information content (AvgIpc) is 1.64. The van der Waals surface area contributed by atoms with Crippen LogP contribution in [-0.2, 0) is 45.3 Å². The molecule has 0 radical (unpaired) electrons. The number of aromatic nitrogens is 5. The highest BCUT2D eigenvalue weighted by molar-refractivity contribution is 6.44. The van der Waals surface area contributed by atoms with E-state index in [2.05, 4.69) is 15.5 Å². The van der Waals surface area contributed by atoms with Crippen molar-refractivity contribution in [1.29, 1.82) is 0 Å². The van der Waals surface area contributed by atoms with Crippen molar-refractivity contribution < 1.29 is 66.7 Å². The summed E-state index contributed by atoms with van der Waals surface area (Å²) >= 11 is 56.6. The Balaban J connectivity index is 0.000000155. The maximum absolute atomic E-state index is 14.3. The van der Waals surface area contributed by atoms with Gasteiger partial charge in [-0.25, -0.2) is 14.4 Å². The van der Waals surface area contributed by atoms with Gasteiger partial charge in [0.25, 0.3) is 11.8 Å². The van der Waals surface area contributed by atoms with Crippen LogP contribution in [0.4, 0.5) is 0 Å². The largest absolute Gasteiger partial charge is 0.478 e. The summed E-state index contributed by atoms with van der Waals surface area (Å²) < 4.78 is 42.5. The fourth-order valence-corrected chi connectivity index (χ4v) is 15.2. The molecule has 19 nitrogen and oxygen atoms in total. The van der Waals surface area contributed by atoms with Crippen LogP contribution in [0.5, 0.6) is 0 Å². The Morgan fingerprint density at radius 2 is 0.808 bits per heavy atom. The number of esters is 1. The van der Waals surface area contributed by atoms with Crippen LogP contribution in [0.3, 0.4) is 0 Å². The topological polar surface area (TPSA) is 251 Å². The van der Waals surface area contributed by atoms with Crippen molar-refractivity contribution in [2.75, 3.05) is 21.3 Å². The van der Waals surface area contributed by atoms with Gasteiger partial charge in [0.05, 0.1) is 41.2 Å². The minimum absolute atomic E-state index is 0.0718. The molecule has 13 rings (SSSR count). The van der Waals surface area contributed by atoms with Crippen LogP contribution in [0.15, 0.2) is 123 Å². The van der Waals surface area contributed by atoms with E-state index >= 15 is 0 Å². The molecule has 3 saturated carbocycles. The molecule has 3 fully saturated rings. The molecule has 0 spiro atoms. The third-order valence-corrected chi connectivity index (χ3v) is 20.0. The van der Waals surface area contributed by atoms with E-state index in [-0.39, 0.29) is 81.1 Å². The molecule has 99 heavy (non-hydrogen) atoms. The molecule has 0 amide bonds. The zero-order valence-electron chi connectivity index (χ0n) is 53.3. The molecule has 3 aliphatic carbocycles. The van der Waals surface area contributed by atoms with Gasteiger partial charge in [0.15, 0.2) is 17.3 Å². The number of fused-ring (bicyclic) bond motifs is 2. The van der Waals surface area contributed by atoms with E-state index in [0.29, 0.717) is 98.2 Å². The lowest BCUT2D eigenvalue weighted by molar-refractivity contribution is -0.148. The van der Waals surface area contributed by atoms with Gasteiger partial charge in [-0.3, -0.25) is 18.7 Å². The number of carbonyl (C=O) groups is 5. The van der Waals surface area contributed by atoms with Crippen LogP contribution >= 0.6 is 104 Å². The number of carboxylic acids is 2. The molecule has 5 heterocycles. The standard InChI is InChI=1S/C30H27Cl3N2O5.C26H19Cl3N2O5.C15H12Cl3NO4/c1-29(2,3)39-23(36)10-9-17-7-5-8-22-19(17)11-14-35(22)28(37)25-26(24-20(32)15-18(31)16-21(24)33)34-40-27(25)30(38-4)12-6-13-30;1-35-26(9-3-10-26)24-22(23(30-36-24)21-17(28)12-15(27)13-18(21)29)25(34)31-11-8-16-14(6-7-20(32)33)4-2-5-19(16)31;1-22-15(3-2-4-15)13-11(14(20)21)12(19-23-13)10-8(17)5-7(16)6-9(10)18/h5,7-11,14-16H,6,12-13H2,1-4H3;2,4-8,11-13H,3,9-10H2,1H3,(H,32,33);5-6H,2-4H2,1H3,(H,20,21)/b10-9+;7-6+;. The number of carbonyl (C=O) groups excluding carboxylic acids is 3. The van der Waals surface area contributed by atoms with Gasteiger partial charge >= 0.3 is 17.9 Å². The maximum atomic E-state index is 14.3. The second-order valence-corrected chi connectivity index (χ2v) is 28.2. The first kappa shape index (κ1) is 72.8. The molecule has 10 aromatic rings. The number of hydrogen-bond donors (Lipinski definition) is 2. The lowest BCUT2D eigenvalue weighted by Crippen LogP contribution is -2.37. The molecular weight excluding hydrogens is 1470 g/mol. The van der Waals surface area contributed by atoms with E-state index in [1.165, 1.54) is 64.8 Å². The first-order chi connectivity index (χ1) is 47.1. The van der Waals surface area contributed by atoms with E-state index in [1.54, 1.807) is 77.7 Å². The van der Waals surface area contributed by atoms with Gasteiger partial charge in [-0.15, -0.1) is 0 Å². The Labute approximate surface area is 610 Å². The predicted molar refractivity (Wildman–Crippen MR) is 380 cm³/mol. The highest BCUT2D eigenvalue weighted by atomic mass is 35.5. The minimum atomic E-state index is -1.18. The van der Waals surface area contributed by atoms with Crippen LogP contribution in [0.25, 0.3) is 67.7 Å². The lowest BCUT2D eigenvalue weighted by Gasteiger charge is -2.38. The molecular formula is C71H58Cl9N5O14. The SMILES string of the molecule is COC1(c2onc(-c3c(Cl)cc(Cl)cc3Cl)c2C(=O)O)CCC1.COC1(c2onc(-c3c(Cl)cc(Cl)cc3Cl)c2C(=O)n2ccc3c(/C=C/C(=O)O)cccc32)CCC1.COC1(c2onc(-c3c(Cl)cc(Cl)cc3Cl)c2C(=O)n2ccc3c(/C=C/C(=O)OC(C)(C)C)cccc32)CCC1. The van der Waals surface area contributed by atoms with Gasteiger partial charge in [0.2, 0.25) is 0 Å². The van der Waals surface area contributed by atoms with E-state index in [9.17, 15) is 29.1 Å². The van der Waals surface area contributed by atoms with E-state index in [0.717, 1.165) is 36.3 Å². The van der Waals surface area contributed by atoms with E-state index < -0.39 is 46.2 Å². The molecule has 0 saturated heterocycles. The fourth-order valence-electron chi connectivity index (χ4n) is 12.2. The van der Waals surface area contributed by atoms with Gasteiger partial charge in [0, 0.05) is 88.4 Å². The van der Waals surface area contributed by atoms with Crippen molar-refractivity contribution in [3.63, 3.8) is 0 Å². The Hall–Kier alpha value is -7.47. The third-order valence-electron chi connectivity index (χ3n) is 17.5. The number of methoxy groups -OCH3 is 3. The second-order valence-electron chi connectivity index (χ2n) is 24.5. The molecule has 0 unspecified atom stereocenters.